The summed E-state index contributed by atoms with van der Waals surface area (Å²) >= 11 is 0. The number of benzene rings is 2. The first-order valence-corrected chi connectivity index (χ1v) is 9.73. The molecule has 1 fully saturated rings. The van der Waals surface area contributed by atoms with Gasteiger partial charge >= 0.3 is 6.03 Å². The number of hydrogen-bond donors (Lipinski definition) is 2. The quantitative estimate of drug-likeness (QED) is 0.792. The monoisotopic (exact) mass is 369 g/mol. The lowest BCUT2D eigenvalue weighted by Crippen LogP contribution is -2.39. The van der Waals surface area contributed by atoms with Gasteiger partial charge in [0.1, 0.15) is 5.82 Å². The summed E-state index contributed by atoms with van der Waals surface area (Å²) in [6.07, 6.45) is 3.12. The van der Waals surface area contributed by atoms with Crippen LogP contribution in [0.4, 0.5) is 14.9 Å². The molecule has 0 spiro atoms. The van der Waals surface area contributed by atoms with Crippen molar-refractivity contribution >= 4 is 11.7 Å². The molecule has 1 aliphatic rings. The van der Waals surface area contributed by atoms with Gasteiger partial charge in [-0.05, 0) is 73.7 Å². The summed E-state index contributed by atoms with van der Waals surface area (Å²) < 4.78 is 13.0. The minimum atomic E-state index is -0.192. The third kappa shape index (κ3) is 6.07. The highest BCUT2D eigenvalue weighted by molar-refractivity contribution is 5.89. The van der Waals surface area contributed by atoms with Crippen molar-refractivity contribution in [2.24, 2.45) is 5.92 Å². The van der Waals surface area contributed by atoms with Crippen molar-refractivity contribution in [3.05, 3.63) is 65.5 Å². The van der Waals surface area contributed by atoms with Crippen LogP contribution in [0, 0.1) is 11.7 Å². The Morgan fingerprint density at radius 3 is 2.30 bits per heavy atom. The van der Waals surface area contributed by atoms with Gasteiger partial charge in [-0.15, -0.1) is 0 Å². The molecule has 0 aromatic heterocycles. The van der Waals surface area contributed by atoms with E-state index in [0.717, 1.165) is 50.1 Å². The van der Waals surface area contributed by atoms with E-state index in [2.05, 4.69) is 22.5 Å². The Morgan fingerprint density at radius 1 is 1.04 bits per heavy atom. The molecule has 2 amide bonds. The fourth-order valence-electron chi connectivity index (χ4n) is 3.43. The summed E-state index contributed by atoms with van der Waals surface area (Å²) in [6, 6.07) is 14.5. The van der Waals surface area contributed by atoms with E-state index in [0.29, 0.717) is 12.5 Å². The summed E-state index contributed by atoms with van der Waals surface area (Å²) in [5, 5.41) is 5.88. The van der Waals surface area contributed by atoms with Crippen molar-refractivity contribution in [2.75, 3.05) is 25.0 Å². The van der Waals surface area contributed by atoms with Gasteiger partial charge in [0.15, 0.2) is 0 Å². The Balaban J connectivity index is 1.36. The van der Waals surface area contributed by atoms with Crippen LogP contribution in [0.25, 0.3) is 0 Å². The molecular formula is C22H28FN3O. The lowest BCUT2D eigenvalue weighted by Gasteiger charge is -2.32. The molecule has 2 aromatic rings. The van der Waals surface area contributed by atoms with Crippen LogP contribution in [0.3, 0.4) is 0 Å². The molecule has 0 saturated carbocycles. The normalized spacial score (nSPS) is 15.5. The van der Waals surface area contributed by atoms with Crippen LogP contribution in [-0.4, -0.2) is 30.6 Å². The van der Waals surface area contributed by atoms with Crippen LogP contribution < -0.4 is 10.6 Å². The van der Waals surface area contributed by atoms with Gasteiger partial charge < -0.3 is 10.6 Å². The van der Waals surface area contributed by atoms with E-state index in [1.807, 2.05) is 36.4 Å². The zero-order valence-corrected chi connectivity index (χ0v) is 15.9. The number of hydrogen-bond acceptors (Lipinski definition) is 2. The highest BCUT2D eigenvalue weighted by atomic mass is 19.1. The molecule has 3 rings (SSSR count). The summed E-state index contributed by atoms with van der Waals surface area (Å²) in [5.74, 6) is 0.311. The Bertz CT molecular complexity index is 722. The zero-order valence-electron chi connectivity index (χ0n) is 15.9. The number of likely N-dealkylation sites (tertiary alicyclic amines) is 1. The van der Waals surface area contributed by atoms with Gasteiger partial charge in [0.05, 0.1) is 0 Å². The van der Waals surface area contributed by atoms with E-state index in [-0.39, 0.29) is 11.8 Å². The van der Waals surface area contributed by atoms with E-state index in [1.165, 1.54) is 17.7 Å². The van der Waals surface area contributed by atoms with Gasteiger partial charge in [0.2, 0.25) is 0 Å². The van der Waals surface area contributed by atoms with Crippen molar-refractivity contribution < 1.29 is 9.18 Å². The second-order valence-electron chi connectivity index (χ2n) is 7.23. The number of carbonyl (C=O) groups is 1. The van der Waals surface area contributed by atoms with Gasteiger partial charge in [0, 0.05) is 18.8 Å². The number of amides is 2. The molecule has 0 radical (unpaired) electrons. The smallest absolute Gasteiger partial charge is 0.319 e. The summed E-state index contributed by atoms with van der Waals surface area (Å²) in [5.41, 5.74) is 3.22. The number of halogens is 1. The molecule has 2 N–H and O–H groups in total. The fraction of sp³-hybridized carbons (Fsp3) is 0.409. The van der Waals surface area contributed by atoms with Gasteiger partial charge in [0.25, 0.3) is 0 Å². The Hall–Kier alpha value is -2.40. The molecule has 2 aromatic carbocycles. The molecule has 0 aliphatic carbocycles. The lowest BCUT2D eigenvalue weighted by molar-refractivity contribution is 0.175. The molecule has 144 valence electrons. The number of rotatable bonds is 6. The third-order valence-electron chi connectivity index (χ3n) is 5.20. The Labute approximate surface area is 160 Å². The molecule has 27 heavy (non-hydrogen) atoms. The van der Waals surface area contributed by atoms with Crippen molar-refractivity contribution in [2.45, 2.75) is 32.7 Å². The second-order valence-corrected chi connectivity index (χ2v) is 7.23. The number of aryl methyl sites for hydroxylation is 1. The van der Waals surface area contributed by atoms with Crippen molar-refractivity contribution in [1.82, 2.24) is 10.2 Å². The largest absolute Gasteiger partial charge is 0.338 e. The standard InChI is InChI=1S/C22H28FN3O/c1-2-17-5-9-21(10-6-17)25-22(27)24-15-18-11-13-26(14-12-18)16-19-3-7-20(23)8-4-19/h3-10,18H,2,11-16H2,1H3,(H2,24,25,27). The molecule has 0 atom stereocenters. The number of urea groups is 1. The van der Waals surface area contributed by atoms with E-state index in [9.17, 15) is 9.18 Å². The van der Waals surface area contributed by atoms with Crippen LogP contribution in [0.2, 0.25) is 0 Å². The minimum Gasteiger partial charge on any atom is -0.338 e. The van der Waals surface area contributed by atoms with Crippen molar-refractivity contribution in [3.63, 3.8) is 0 Å². The first-order chi connectivity index (χ1) is 13.1. The Morgan fingerprint density at radius 2 is 1.67 bits per heavy atom. The van der Waals surface area contributed by atoms with E-state index in [4.69, 9.17) is 0 Å². The van der Waals surface area contributed by atoms with Gasteiger partial charge in [-0.25, -0.2) is 9.18 Å². The maximum absolute atomic E-state index is 13.0. The van der Waals surface area contributed by atoms with Crippen LogP contribution in [-0.2, 0) is 13.0 Å². The summed E-state index contributed by atoms with van der Waals surface area (Å²) in [7, 11) is 0. The number of piperidine rings is 1. The third-order valence-corrected chi connectivity index (χ3v) is 5.20. The maximum Gasteiger partial charge on any atom is 0.319 e. The number of anilines is 1. The first-order valence-electron chi connectivity index (χ1n) is 9.73. The highest BCUT2D eigenvalue weighted by Crippen LogP contribution is 2.19. The number of nitrogens with one attached hydrogen (secondary N) is 2. The van der Waals surface area contributed by atoms with Crippen LogP contribution in [0.15, 0.2) is 48.5 Å². The molecule has 1 heterocycles. The SMILES string of the molecule is CCc1ccc(NC(=O)NCC2CCN(Cc3ccc(F)cc3)CC2)cc1. The van der Waals surface area contributed by atoms with E-state index in [1.54, 1.807) is 0 Å². The highest BCUT2D eigenvalue weighted by Gasteiger charge is 2.19. The zero-order chi connectivity index (χ0) is 19.1. The number of nitrogens with zero attached hydrogens (tertiary/aromatic N) is 1. The van der Waals surface area contributed by atoms with Crippen LogP contribution in [0.5, 0.6) is 0 Å². The molecule has 0 bridgehead atoms. The van der Waals surface area contributed by atoms with Crippen LogP contribution in [0.1, 0.15) is 30.9 Å². The van der Waals surface area contributed by atoms with E-state index >= 15 is 0 Å². The van der Waals surface area contributed by atoms with Gasteiger partial charge in [-0.3, -0.25) is 4.90 Å². The molecule has 1 saturated heterocycles. The maximum atomic E-state index is 13.0. The number of carbonyl (C=O) groups excluding carboxylic acids is 1. The van der Waals surface area contributed by atoms with Crippen molar-refractivity contribution in [3.8, 4) is 0 Å². The molecular weight excluding hydrogens is 341 g/mol. The molecule has 0 unspecified atom stereocenters. The van der Waals surface area contributed by atoms with Crippen LogP contribution >= 0.6 is 0 Å². The second kappa shape index (κ2) is 9.51. The van der Waals surface area contributed by atoms with Gasteiger partial charge in [-0.1, -0.05) is 31.2 Å². The fourth-order valence-corrected chi connectivity index (χ4v) is 3.43. The van der Waals surface area contributed by atoms with Gasteiger partial charge in [-0.2, -0.15) is 0 Å². The predicted molar refractivity (Wildman–Crippen MR) is 107 cm³/mol. The predicted octanol–water partition coefficient (Wildman–Crippen LogP) is 4.42. The molecule has 5 heteroatoms. The minimum absolute atomic E-state index is 0.145. The first kappa shape index (κ1) is 19.4. The lowest BCUT2D eigenvalue weighted by atomic mass is 9.96. The summed E-state index contributed by atoms with van der Waals surface area (Å²) in [6.45, 7) is 5.67. The van der Waals surface area contributed by atoms with E-state index < -0.39 is 0 Å². The summed E-state index contributed by atoms with van der Waals surface area (Å²) in [4.78, 5) is 14.5. The average molecular weight is 369 g/mol. The average Bonchev–Trinajstić information content (AvgIpc) is 2.70. The molecule has 4 nitrogen and oxygen atoms in total. The molecule has 1 aliphatic heterocycles. The Kier molecular flexibility index (Phi) is 6.82. The topological polar surface area (TPSA) is 44.4 Å². The van der Waals surface area contributed by atoms with Crippen molar-refractivity contribution in [1.29, 1.82) is 0 Å².